The molecule has 8 heteroatoms. The fraction of sp³-hybridized carbons (Fsp3) is 0.125. The molecule has 0 unspecified atom stereocenters. The zero-order valence-electron chi connectivity index (χ0n) is 12.7. The molecule has 0 bridgehead atoms. The molecular weight excluding hydrogens is 328 g/mol. The van der Waals surface area contributed by atoms with Crippen LogP contribution in [0, 0.1) is 6.92 Å². The molecule has 24 heavy (non-hydrogen) atoms. The number of thiophene rings is 1. The molecule has 0 fully saturated rings. The van der Waals surface area contributed by atoms with Crippen molar-refractivity contribution in [2.75, 3.05) is 0 Å². The van der Waals surface area contributed by atoms with Crippen LogP contribution in [0.5, 0.6) is 0 Å². The largest absolute Gasteiger partial charge is 0.437 e. The van der Waals surface area contributed by atoms with Gasteiger partial charge in [0.2, 0.25) is 0 Å². The first-order valence-corrected chi connectivity index (χ1v) is 8.10. The van der Waals surface area contributed by atoms with Gasteiger partial charge in [0, 0.05) is 11.8 Å². The van der Waals surface area contributed by atoms with Gasteiger partial charge in [-0.05, 0) is 30.5 Å². The van der Waals surface area contributed by atoms with Gasteiger partial charge in [-0.2, -0.15) is 4.68 Å². The Kier molecular flexibility index (Phi) is 3.39. The Balaban J connectivity index is 1.75. The second-order valence-corrected chi connectivity index (χ2v) is 6.20. The molecule has 0 spiro atoms. The van der Waals surface area contributed by atoms with Crippen LogP contribution in [0.25, 0.3) is 16.4 Å². The lowest BCUT2D eigenvalue weighted by Crippen LogP contribution is -2.22. The van der Waals surface area contributed by atoms with Crippen LogP contribution in [0.3, 0.4) is 0 Å². The van der Waals surface area contributed by atoms with E-state index in [0.29, 0.717) is 11.3 Å². The van der Waals surface area contributed by atoms with Crippen LogP contribution in [0.4, 0.5) is 0 Å². The molecular formula is C16H12N4O3S. The normalized spacial score (nSPS) is 11.2. The summed E-state index contributed by atoms with van der Waals surface area (Å²) in [6.45, 7) is 1.92. The predicted octanol–water partition coefficient (Wildman–Crippen LogP) is 1.93. The molecule has 4 heterocycles. The third kappa shape index (κ3) is 2.46. The molecule has 0 saturated heterocycles. The van der Waals surface area contributed by atoms with E-state index in [1.165, 1.54) is 26.5 Å². The maximum absolute atomic E-state index is 12.3. The molecule has 0 N–H and O–H groups in total. The van der Waals surface area contributed by atoms with Gasteiger partial charge < -0.3 is 4.42 Å². The Morgan fingerprint density at radius 2 is 2.08 bits per heavy atom. The third-order valence-corrected chi connectivity index (χ3v) is 4.44. The topological polar surface area (TPSA) is 82.4 Å². The number of nitrogens with zero attached hydrogens (tertiary/aromatic N) is 4. The van der Waals surface area contributed by atoms with Crippen LogP contribution in [0.1, 0.15) is 11.4 Å². The first kappa shape index (κ1) is 14.6. The van der Waals surface area contributed by atoms with Gasteiger partial charge in [-0.3, -0.25) is 9.20 Å². The Morgan fingerprint density at radius 1 is 1.21 bits per heavy atom. The average Bonchev–Trinajstić information content (AvgIpc) is 3.17. The van der Waals surface area contributed by atoms with Crippen LogP contribution < -0.4 is 11.3 Å². The van der Waals surface area contributed by atoms with Gasteiger partial charge in [-0.15, -0.1) is 16.4 Å². The van der Waals surface area contributed by atoms with E-state index in [9.17, 15) is 9.59 Å². The Hall–Kier alpha value is -3.00. The minimum Gasteiger partial charge on any atom is -0.387 e. The first-order valence-electron chi connectivity index (χ1n) is 7.22. The van der Waals surface area contributed by atoms with Crippen molar-refractivity contribution in [2.24, 2.45) is 0 Å². The number of aryl methyl sites for hydroxylation is 1. The Morgan fingerprint density at radius 3 is 2.88 bits per heavy atom. The third-order valence-electron chi connectivity index (χ3n) is 3.58. The van der Waals surface area contributed by atoms with E-state index in [4.69, 9.17) is 4.42 Å². The number of rotatable bonds is 3. The van der Waals surface area contributed by atoms with E-state index >= 15 is 0 Å². The fourth-order valence-electron chi connectivity index (χ4n) is 2.50. The summed E-state index contributed by atoms with van der Waals surface area (Å²) in [5, 5.41) is 6.05. The molecule has 0 atom stereocenters. The van der Waals surface area contributed by atoms with Crippen molar-refractivity contribution >= 4 is 17.0 Å². The molecule has 0 radical (unpaired) electrons. The van der Waals surface area contributed by atoms with Crippen LogP contribution in [0.15, 0.2) is 55.8 Å². The Labute approximate surface area is 139 Å². The molecule has 4 aromatic heterocycles. The van der Waals surface area contributed by atoms with Crippen LogP contribution in [0.2, 0.25) is 0 Å². The standard InChI is InChI=1S/C16H12N4O3S/c1-10-4-2-6-13-17-11(8-14(21)20(10)13)9-19-16(22)23-15(18-19)12-5-3-7-24-12/h2-8H,9H2,1H3. The van der Waals surface area contributed by atoms with Crippen molar-refractivity contribution < 1.29 is 4.42 Å². The minimum absolute atomic E-state index is 0.0768. The first-order chi connectivity index (χ1) is 11.6. The molecule has 120 valence electrons. The van der Waals surface area contributed by atoms with Gasteiger partial charge in [0.25, 0.3) is 11.4 Å². The summed E-state index contributed by atoms with van der Waals surface area (Å²) < 4.78 is 7.85. The van der Waals surface area contributed by atoms with Gasteiger partial charge in [0.15, 0.2) is 0 Å². The van der Waals surface area contributed by atoms with Crippen LogP contribution >= 0.6 is 11.3 Å². The summed E-state index contributed by atoms with van der Waals surface area (Å²) in [6.07, 6.45) is 0. The van der Waals surface area contributed by atoms with E-state index in [-0.39, 0.29) is 18.0 Å². The number of aromatic nitrogens is 4. The summed E-state index contributed by atoms with van der Waals surface area (Å²) in [5.41, 5.74) is 1.60. The van der Waals surface area contributed by atoms with Crippen molar-refractivity contribution in [1.29, 1.82) is 0 Å². The monoisotopic (exact) mass is 340 g/mol. The summed E-state index contributed by atoms with van der Waals surface area (Å²) >= 11 is 1.43. The molecule has 0 aliphatic rings. The minimum atomic E-state index is -0.579. The van der Waals surface area contributed by atoms with Crippen LogP contribution in [-0.2, 0) is 6.54 Å². The smallest absolute Gasteiger partial charge is 0.387 e. The second-order valence-electron chi connectivity index (χ2n) is 5.25. The highest BCUT2D eigenvalue weighted by molar-refractivity contribution is 7.13. The maximum atomic E-state index is 12.3. The summed E-state index contributed by atoms with van der Waals surface area (Å²) in [6, 6.07) is 10.5. The lowest BCUT2D eigenvalue weighted by Gasteiger charge is -2.05. The summed E-state index contributed by atoms with van der Waals surface area (Å²) in [5.74, 6) is -0.312. The van der Waals surface area contributed by atoms with Crippen molar-refractivity contribution in [3.63, 3.8) is 0 Å². The van der Waals surface area contributed by atoms with E-state index < -0.39 is 5.76 Å². The molecule has 0 aliphatic carbocycles. The van der Waals surface area contributed by atoms with Crippen molar-refractivity contribution in [3.8, 4) is 10.8 Å². The van der Waals surface area contributed by atoms with Gasteiger partial charge >= 0.3 is 5.76 Å². The van der Waals surface area contributed by atoms with Gasteiger partial charge in [0.05, 0.1) is 17.1 Å². The number of pyridine rings is 1. The van der Waals surface area contributed by atoms with Crippen molar-refractivity contribution in [3.05, 3.63) is 74.1 Å². The van der Waals surface area contributed by atoms with E-state index in [1.54, 1.807) is 6.07 Å². The predicted molar refractivity (Wildman–Crippen MR) is 89.4 cm³/mol. The SMILES string of the molecule is Cc1cccc2nc(Cn3nc(-c4cccs4)oc3=O)cc(=O)n12. The number of hydrogen-bond acceptors (Lipinski definition) is 6. The quantitative estimate of drug-likeness (QED) is 0.569. The van der Waals surface area contributed by atoms with Gasteiger partial charge in [0.1, 0.15) is 5.65 Å². The highest BCUT2D eigenvalue weighted by atomic mass is 32.1. The van der Waals surface area contributed by atoms with E-state index in [2.05, 4.69) is 10.1 Å². The zero-order chi connectivity index (χ0) is 16.7. The molecule has 7 nitrogen and oxygen atoms in total. The number of fused-ring (bicyclic) bond motifs is 1. The molecule has 4 aromatic rings. The van der Waals surface area contributed by atoms with Crippen molar-refractivity contribution in [2.45, 2.75) is 13.5 Å². The molecule has 0 saturated carbocycles. The molecule has 4 rings (SSSR count). The summed E-state index contributed by atoms with van der Waals surface area (Å²) in [7, 11) is 0. The molecule has 0 aromatic carbocycles. The molecule has 0 amide bonds. The molecule has 0 aliphatic heterocycles. The zero-order valence-corrected chi connectivity index (χ0v) is 13.5. The highest BCUT2D eigenvalue weighted by Crippen LogP contribution is 2.21. The van der Waals surface area contributed by atoms with Crippen LogP contribution in [-0.4, -0.2) is 19.2 Å². The van der Waals surface area contributed by atoms with Gasteiger partial charge in [-0.1, -0.05) is 12.1 Å². The lowest BCUT2D eigenvalue weighted by molar-refractivity contribution is 0.494. The van der Waals surface area contributed by atoms with Gasteiger partial charge in [-0.25, -0.2) is 9.78 Å². The highest BCUT2D eigenvalue weighted by Gasteiger charge is 2.13. The summed E-state index contributed by atoms with van der Waals surface area (Å²) in [4.78, 5) is 29.5. The second kappa shape index (κ2) is 5.57. The fourth-order valence-corrected chi connectivity index (χ4v) is 3.15. The van der Waals surface area contributed by atoms with Crippen molar-refractivity contribution in [1.82, 2.24) is 19.2 Å². The average molecular weight is 340 g/mol. The maximum Gasteiger partial charge on any atom is 0.437 e. The Bertz CT molecular complexity index is 1140. The lowest BCUT2D eigenvalue weighted by atomic mass is 10.3. The van der Waals surface area contributed by atoms with E-state index in [0.717, 1.165) is 10.6 Å². The van der Waals surface area contributed by atoms with E-state index in [1.807, 2.05) is 36.6 Å². The number of hydrogen-bond donors (Lipinski definition) is 0.